The van der Waals surface area contributed by atoms with Gasteiger partial charge < -0.3 is 10.2 Å². The fraction of sp³-hybridized carbons (Fsp3) is 0.304. The normalized spacial score (nSPS) is 10.7. The molecule has 0 saturated carbocycles. The van der Waals surface area contributed by atoms with E-state index in [9.17, 15) is 4.79 Å². The van der Waals surface area contributed by atoms with Gasteiger partial charge in [0.15, 0.2) is 0 Å². The van der Waals surface area contributed by atoms with Gasteiger partial charge in [0.1, 0.15) is 0 Å². The largest absolute Gasteiger partial charge is 0.375 e. The van der Waals surface area contributed by atoms with Crippen LogP contribution < -0.4 is 10.2 Å². The maximum Gasteiger partial charge on any atom is 0.251 e. The van der Waals surface area contributed by atoms with Crippen molar-refractivity contribution in [2.24, 2.45) is 0 Å². The lowest BCUT2D eigenvalue weighted by atomic mass is 10.1. The van der Waals surface area contributed by atoms with Gasteiger partial charge in [0.25, 0.3) is 5.91 Å². The summed E-state index contributed by atoms with van der Waals surface area (Å²) in [6.45, 7) is 7.62. The van der Waals surface area contributed by atoms with E-state index < -0.39 is 0 Å². The average Bonchev–Trinajstić information content (AvgIpc) is 3.00. The van der Waals surface area contributed by atoms with Gasteiger partial charge in [0, 0.05) is 42.6 Å². The first-order valence-corrected chi connectivity index (χ1v) is 9.71. The van der Waals surface area contributed by atoms with Crippen LogP contribution in [0.3, 0.4) is 0 Å². The minimum atomic E-state index is -0.0732. The first-order chi connectivity index (χ1) is 13.5. The molecular formula is C23H28N4O. The van der Waals surface area contributed by atoms with E-state index in [-0.39, 0.29) is 5.91 Å². The van der Waals surface area contributed by atoms with Crippen LogP contribution in [-0.2, 0) is 6.54 Å². The topological polar surface area (TPSA) is 50.2 Å². The molecule has 0 atom stereocenters. The van der Waals surface area contributed by atoms with Crippen LogP contribution in [0.2, 0.25) is 0 Å². The molecule has 0 aliphatic heterocycles. The molecule has 0 saturated heterocycles. The number of benzene rings is 2. The Balaban J connectivity index is 1.69. The van der Waals surface area contributed by atoms with Gasteiger partial charge in [-0.05, 0) is 56.7 Å². The fourth-order valence-electron chi connectivity index (χ4n) is 3.35. The molecular weight excluding hydrogens is 348 g/mol. The van der Waals surface area contributed by atoms with Crippen LogP contribution in [0.5, 0.6) is 0 Å². The second-order valence-electron chi connectivity index (χ2n) is 7.05. The summed E-state index contributed by atoms with van der Waals surface area (Å²) in [4.78, 5) is 14.8. The molecule has 3 rings (SSSR count). The Morgan fingerprint density at radius 1 is 1.07 bits per heavy atom. The lowest BCUT2D eigenvalue weighted by Crippen LogP contribution is -2.23. The average molecular weight is 377 g/mol. The number of carbonyl (C=O) groups is 1. The van der Waals surface area contributed by atoms with Crippen molar-refractivity contribution in [1.29, 1.82) is 0 Å². The van der Waals surface area contributed by atoms with Gasteiger partial charge in [-0.1, -0.05) is 25.1 Å². The number of aromatic nitrogens is 2. The fourth-order valence-corrected chi connectivity index (χ4v) is 3.35. The molecule has 3 aromatic rings. The van der Waals surface area contributed by atoms with Crippen molar-refractivity contribution in [3.63, 3.8) is 0 Å². The van der Waals surface area contributed by atoms with Crippen molar-refractivity contribution in [3.8, 4) is 5.69 Å². The van der Waals surface area contributed by atoms with Gasteiger partial charge in [0.05, 0.1) is 11.4 Å². The SMILES string of the molecule is CCCN(C)c1ccc(C(=O)NCc2c(C)nn(-c3ccccc3)c2C)cc1. The van der Waals surface area contributed by atoms with Crippen LogP contribution in [0.1, 0.15) is 40.7 Å². The van der Waals surface area contributed by atoms with Crippen molar-refractivity contribution in [3.05, 3.63) is 77.1 Å². The van der Waals surface area contributed by atoms with Gasteiger partial charge in [-0.3, -0.25) is 4.79 Å². The molecule has 5 nitrogen and oxygen atoms in total. The van der Waals surface area contributed by atoms with Crippen LogP contribution in [0.4, 0.5) is 5.69 Å². The Hall–Kier alpha value is -3.08. The lowest BCUT2D eigenvalue weighted by Gasteiger charge is -2.18. The molecule has 0 bridgehead atoms. The predicted molar refractivity (Wildman–Crippen MR) is 114 cm³/mol. The monoisotopic (exact) mass is 376 g/mol. The number of rotatable bonds is 7. The number of aryl methyl sites for hydroxylation is 1. The van der Waals surface area contributed by atoms with Crippen LogP contribution in [-0.4, -0.2) is 29.3 Å². The zero-order chi connectivity index (χ0) is 20.1. The summed E-state index contributed by atoms with van der Waals surface area (Å²) in [5, 5.41) is 7.67. The third-order valence-electron chi connectivity index (χ3n) is 5.00. The van der Waals surface area contributed by atoms with Gasteiger partial charge in [-0.2, -0.15) is 5.10 Å². The van der Waals surface area contributed by atoms with Crippen LogP contribution in [0.25, 0.3) is 5.69 Å². The van der Waals surface area contributed by atoms with E-state index in [1.807, 2.05) is 73.1 Å². The van der Waals surface area contributed by atoms with Crippen molar-refractivity contribution >= 4 is 11.6 Å². The second-order valence-corrected chi connectivity index (χ2v) is 7.05. The standard InChI is InChI=1S/C23H28N4O/c1-5-15-26(4)20-13-11-19(12-14-20)23(28)24-16-22-17(2)25-27(18(22)3)21-9-7-6-8-10-21/h6-14H,5,15-16H2,1-4H3,(H,24,28). The van der Waals surface area contributed by atoms with Crippen molar-refractivity contribution in [2.75, 3.05) is 18.5 Å². The first-order valence-electron chi connectivity index (χ1n) is 9.71. The third-order valence-corrected chi connectivity index (χ3v) is 5.00. The maximum atomic E-state index is 12.6. The number of hydrogen-bond donors (Lipinski definition) is 1. The highest BCUT2D eigenvalue weighted by atomic mass is 16.1. The Bertz CT molecular complexity index is 929. The van der Waals surface area contributed by atoms with Gasteiger partial charge in [0.2, 0.25) is 0 Å². The first kappa shape index (κ1) is 19.7. The molecule has 0 fully saturated rings. The molecule has 0 aliphatic rings. The molecule has 0 aliphatic carbocycles. The molecule has 1 N–H and O–H groups in total. The van der Waals surface area contributed by atoms with E-state index in [4.69, 9.17) is 0 Å². The number of hydrogen-bond acceptors (Lipinski definition) is 3. The van der Waals surface area contributed by atoms with Crippen molar-refractivity contribution in [1.82, 2.24) is 15.1 Å². The number of nitrogens with one attached hydrogen (secondary N) is 1. The van der Waals surface area contributed by atoms with Crippen molar-refractivity contribution < 1.29 is 4.79 Å². The molecule has 28 heavy (non-hydrogen) atoms. The Kier molecular flexibility index (Phi) is 6.14. The van der Waals surface area contributed by atoms with E-state index >= 15 is 0 Å². The molecule has 5 heteroatoms. The van der Waals surface area contributed by atoms with Crippen LogP contribution >= 0.6 is 0 Å². The quantitative estimate of drug-likeness (QED) is 0.670. The van der Waals surface area contributed by atoms with Gasteiger partial charge >= 0.3 is 0 Å². The molecule has 0 unspecified atom stereocenters. The number of carbonyl (C=O) groups excluding carboxylic acids is 1. The molecule has 146 valence electrons. The highest BCUT2D eigenvalue weighted by Gasteiger charge is 2.14. The summed E-state index contributed by atoms with van der Waals surface area (Å²) >= 11 is 0. The van der Waals surface area contributed by atoms with E-state index in [0.29, 0.717) is 12.1 Å². The number of amides is 1. The van der Waals surface area contributed by atoms with E-state index in [2.05, 4.69) is 29.3 Å². The van der Waals surface area contributed by atoms with E-state index in [1.54, 1.807) is 0 Å². The molecule has 0 radical (unpaired) electrons. The summed E-state index contributed by atoms with van der Waals surface area (Å²) in [5.41, 5.74) is 5.83. The summed E-state index contributed by atoms with van der Waals surface area (Å²) in [5.74, 6) is -0.0732. The number of anilines is 1. The van der Waals surface area contributed by atoms with Gasteiger partial charge in [-0.25, -0.2) is 4.68 Å². The summed E-state index contributed by atoms with van der Waals surface area (Å²) < 4.78 is 1.93. The second kappa shape index (κ2) is 8.74. The van der Waals surface area contributed by atoms with Crippen LogP contribution in [0, 0.1) is 13.8 Å². The van der Waals surface area contributed by atoms with E-state index in [1.165, 1.54) is 0 Å². The number of nitrogens with zero attached hydrogens (tertiary/aromatic N) is 3. The summed E-state index contributed by atoms with van der Waals surface area (Å²) in [7, 11) is 2.06. The lowest BCUT2D eigenvalue weighted by molar-refractivity contribution is 0.0951. The maximum absolute atomic E-state index is 12.6. The highest BCUT2D eigenvalue weighted by Crippen LogP contribution is 2.18. The smallest absolute Gasteiger partial charge is 0.251 e. The highest BCUT2D eigenvalue weighted by molar-refractivity contribution is 5.94. The molecule has 1 aromatic heterocycles. The molecule has 2 aromatic carbocycles. The Morgan fingerprint density at radius 3 is 2.39 bits per heavy atom. The summed E-state index contributed by atoms with van der Waals surface area (Å²) in [6, 6.07) is 17.8. The Morgan fingerprint density at radius 2 is 1.75 bits per heavy atom. The molecule has 1 heterocycles. The minimum Gasteiger partial charge on any atom is -0.375 e. The zero-order valence-electron chi connectivity index (χ0n) is 17.1. The number of para-hydroxylation sites is 1. The summed E-state index contributed by atoms with van der Waals surface area (Å²) in [6.07, 6.45) is 1.09. The van der Waals surface area contributed by atoms with Crippen LogP contribution in [0.15, 0.2) is 54.6 Å². The Labute approximate surface area is 167 Å². The molecule has 0 spiro atoms. The molecule has 1 amide bonds. The predicted octanol–water partition coefficient (Wildman–Crippen LogP) is 4.27. The van der Waals surface area contributed by atoms with Crippen molar-refractivity contribution in [2.45, 2.75) is 33.7 Å². The van der Waals surface area contributed by atoms with Gasteiger partial charge in [-0.15, -0.1) is 0 Å². The van der Waals surface area contributed by atoms with E-state index in [0.717, 1.165) is 41.3 Å². The third kappa shape index (κ3) is 4.25. The zero-order valence-corrected chi connectivity index (χ0v) is 17.1. The minimum absolute atomic E-state index is 0.0732.